The second-order valence-corrected chi connectivity index (χ2v) is 7.50. The number of amides is 1. The van der Waals surface area contributed by atoms with Gasteiger partial charge in [-0.05, 0) is 59.7 Å². The quantitative estimate of drug-likeness (QED) is 0.340. The number of carbonyl (C=O) groups excluding carboxylic acids is 1. The summed E-state index contributed by atoms with van der Waals surface area (Å²) >= 11 is 6.16. The highest BCUT2D eigenvalue weighted by Gasteiger charge is 2.20. The maximum absolute atomic E-state index is 13.0. The fraction of sp³-hybridized carbons (Fsp3) is 0.115. The molecule has 0 saturated carbocycles. The molecule has 0 heterocycles. The molecule has 4 aromatic carbocycles. The van der Waals surface area contributed by atoms with Crippen LogP contribution in [0.1, 0.15) is 13.3 Å². The van der Waals surface area contributed by atoms with Crippen molar-refractivity contribution >= 4 is 34.0 Å². The zero-order chi connectivity index (χ0) is 21.6. The SMILES string of the molecule is CC[C@@H](Oc1ccc2ccccc2c1)C(=O)Nc1cc(Cl)ccc1Oc1ccccc1. The van der Waals surface area contributed by atoms with Gasteiger partial charge in [0.2, 0.25) is 0 Å². The third-order valence-corrected chi connectivity index (χ3v) is 5.07. The van der Waals surface area contributed by atoms with Crippen molar-refractivity contribution in [2.24, 2.45) is 0 Å². The van der Waals surface area contributed by atoms with Gasteiger partial charge in [-0.2, -0.15) is 0 Å². The monoisotopic (exact) mass is 431 g/mol. The Morgan fingerprint density at radius 1 is 0.871 bits per heavy atom. The number of carbonyl (C=O) groups is 1. The predicted octanol–water partition coefficient (Wildman–Crippen LogP) is 7.08. The van der Waals surface area contributed by atoms with Crippen molar-refractivity contribution in [3.05, 3.63) is 96.0 Å². The topological polar surface area (TPSA) is 47.6 Å². The number of para-hydroxylation sites is 1. The van der Waals surface area contributed by atoms with Gasteiger partial charge in [-0.15, -0.1) is 0 Å². The second kappa shape index (κ2) is 9.54. The summed E-state index contributed by atoms with van der Waals surface area (Å²) in [6.45, 7) is 1.91. The Labute approximate surface area is 186 Å². The van der Waals surface area contributed by atoms with Gasteiger partial charge in [-0.25, -0.2) is 0 Å². The Kier molecular flexibility index (Phi) is 6.39. The first-order chi connectivity index (χ1) is 15.1. The molecule has 0 aromatic heterocycles. The van der Waals surface area contributed by atoms with Gasteiger partial charge in [-0.3, -0.25) is 4.79 Å². The van der Waals surface area contributed by atoms with Crippen molar-refractivity contribution < 1.29 is 14.3 Å². The van der Waals surface area contributed by atoms with E-state index < -0.39 is 6.10 Å². The number of hydrogen-bond donors (Lipinski definition) is 1. The Balaban J connectivity index is 1.52. The summed E-state index contributed by atoms with van der Waals surface area (Å²) in [5.41, 5.74) is 0.488. The van der Waals surface area contributed by atoms with E-state index in [1.54, 1.807) is 18.2 Å². The van der Waals surface area contributed by atoms with Crippen LogP contribution >= 0.6 is 11.6 Å². The highest BCUT2D eigenvalue weighted by molar-refractivity contribution is 6.31. The van der Waals surface area contributed by atoms with Gasteiger partial charge in [0, 0.05) is 5.02 Å². The van der Waals surface area contributed by atoms with Gasteiger partial charge < -0.3 is 14.8 Å². The summed E-state index contributed by atoms with van der Waals surface area (Å²) in [4.78, 5) is 13.0. The van der Waals surface area contributed by atoms with Crippen molar-refractivity contribution in [3.8, 4) is 17.2 Å². The highest BCUT2D eigenvalue weighted by Crippen LogP contribution is 2.32. The minimum Gasteiger partial charge on any atom is -0.481 e. The molecular weight excluding hydrogens is 410 g/mol. The number of nitrogens with one attached hydrogen (secondary N) is 1. The first kappa shape index (κ1) is 20.8. The van der Waals surface area contributed by atoms with Crippen LogP contribution in [0.4, 0.5) is 5.69 Å². The predicted molar refractivity (Wildman–Crippen MR) is 125 cm³/mol. The summed E-state index contributed by atoms with van der Waals surface area (Å²) in [7, 11) is 0. The lowest BCUT2D eigenvalue weighted by atomic mass is 10.1. The number of fused-ring (bicyclic) bond motifs is 1. The number of benzene rings is 4. The molecule has 156 valence electrons. The average molecular weight is 432 g/mol. The average Bonchev–Trinajstić information content (AvgIpc) is 2.79. The van der Waals surface area contributed by atoms with E-state index in [4.69, 9.17) is 21.1 Å². The molecule has 0 radical (unpaired) electrons. The van der Waals surface area contributed by atoms with Crippen LogP contribution in [0.15, 0.2) is 91.0 Å². The lowest BCUT2D eigenvalue weighted by Crippen LogP contribution is -2.32. The molecule has 4 rings (SSSR count). The molecule has 0 bridgehead atoms. The molecule has 5 heteroatoms. The van der Waals surface area contributed by atoms with Crippen molar-refractivity contribution in [2.45, 2.75) is 19.4 Å². The van der Waals surface area contributed by atoms with E-state index in [-0.39, 0.29) is 5.91 Å². The second-order valence-electron chi connectivity index (χ2n) is 7.07. The minimum absolute atomic E-state index is 0.268. The molecule has 0 fully saturated rings. The summed E-state index contributed by atoms with van der Waals surface area (Å²) in [6, 6.07) is 28.3. The number of halogens is 1. The zero-order valence-corrected chi connectivity index (χ0v) is 17.8. The van der Waals surface area contributed by atoms with E-state index in [0.29, 0.717) is 34.4 Å². The smallest absolute Gasteiger partial charge is 0.265 e. The standard InChI is InChI=1S/C26H22ClNO3/c1-2-24(31-22-14-12-18-8-6-7-9-19(18)16-22)26(29)28-23-17-20(27)13-15-25(23)30-21-10-4-3-5-11-21/h3-17,24H,2H2,1H3,(H,28,29)/t24-/m1/s1. The zero-order valence-electron chi connectivity index (χ0n) is 17.0. The van der Waals surface area contributed by atoms with Gasteiger partial charge in [-0.1, -0.05) is 67.1 Å². The van der Waals surface area contributed by atoms with E-state index in [1.807, 2.05) is 79.7 Å². The van der Waals surface area contributed by atoms with Crippen molar-refractivity contribution in [1.82, 2.24) is 0 Å². The lowest BCUT2D eigenvalue weighted by molar-refractivity contribution is -0.122. The minimum atomic E-state index is -0.662. The Hall–Kier alpha value is -3.50. The van der Waals surface area contributed by atoms with Crippen LogP contribution in [-0.4, -0.2) is 12.0 Å². The normalized spacial score (nSPS) is 11.7. The van der Waals surface area contributed by atoms with Crippen LogP contribution in [0.25, 0.3) is 10.8 Å². The van der Waals surface area contributed by atoms with Gasteiger partial charge in [0.25, 0.3) is 5.91 Å². The van der Waals surface area contributed by atoms with Crippen LogP contribution in [0.2, 0.25) is 5.02 Å². The number of hydrogen-bond acceptors (Lipinski definition) is 3. The molecule has 0 spiro atoms. The molecule has 0 saturated heterocycles. The van der Waals surface area contributed by atoms with E-state index in [1.165, 1.54) is 0 Å². The summed E-state index contributed by atoms with van der Waals surface area (Å²) in [5.74, 6) is 1.55. The summed E-state index contributed by atoms with van der Waals surface area (Å²) in [5, 5.41) is 5.58. The van der Waals surface area contributed by atoms with Crippen LogP contribution < -0.4 is 14.8 Å². The first-order valence-electron chi connectivity index (χ1n) is 10.1. The fourth-order valence-electron chi connectivity index (χ4n) is 3.24. The Morgan fingerprint density at radius 3 is 2.39 bits per heavy atom. The summed E-state index contributed by atoms with van der Waals surface area (Å²) in [6.07, 6.45) is -0.154. The molecule has 1 amide bonds. The largest absolute Gasteiger partial charge is 0.481 e. The van der Waals surface area contributed by atoms with Crippen LogP contribution in [0.3, 0.4) is 0 Å². The van der Waals surface area contributed by atoms with Gasteiger partial charge >= 0.3 is 0 Å². The number of ether oxygens (including phenoxy) is 2. The molecule has 0 aliphatic rings. The molecule has 4 aromatic rings. The molecular formula is C26H22ClNO3. The molecule has 0 aliphatic carbocycles. The van der Waals surface area contributed by atoms with Gasteiger partial charge in [0.05, 0.1) is 5.69 Å². The fourth-order valence-corrected chi connectivity index (χ4v) is 3.42. The molecule has 0 aliphatic heterocycles. The van der Waals surface area contributed by atoms with Crippen molar-refractivity contribution in [3.63, 3.8) is 0 Å². The van der Waals surface area contributed by atoms with Gasteiger partial charge in [0.15, 0.2) is 11.9 Å². The Bertz CT molecular complexity index is 1190. The molecule has 1 atom stereocenters. The van der Waals surface area contributed by atoms with Crippen LogP contribution in [0.5, 0.6) is 17.2 Å². The molecule has 1 N–H and O–H groups in total. The van der Waals surface area contributed by atoms with E-state index in [0.717, 1.165) is 10.8 Å². The van der Waals surface area contributed by atoms with Crippen LogP contribution in [-0.2, 0) is 4.79 Å². The molecule has 31 heavy (non-hydrogen) atoms. The number of anilines is 1. The maximum Gasteiger partial charge on any atom is 0.265 e. The van der Waals surface area contributed by atoms with Crippen molar-refractivity contribution in [1.29, 1.82) is 0 Å². The highest BCUT2D eigenvalue weighted by atomic mass is 35.5. The van der Waals surface area contributed by atoms with E-state index in [2.05, 4.69) is 5.32 Å². The van der Waals surface area contributed by atoms with E-state index >= 15 is 0 Å². The van der Waals surface area contributed by atoms with Crippen molar-refractivity contribution in [2.75, 3.05) is 5.32 Å². The van der Waals surface area contributed by atoms with E-state index in [9.17, 15) is 4.79 Å². The van der Waals surface area contributed by atoms with Gasteiger partial charge in [0.1, 0.15) is 11.5 Å². The Morgan fingerprint density at radius 2 is 1.61 bits per heavy atom. The lowest BCUT2D eigenvalue weighted by Gasteiger charge is -2.19. The third-order valence-electron chi connectivity index (χ3n) is 4.83. The first-order valence-corrected chi connectivity index (χ1v) is 10.5. The maximum atomic E-state index is 13.0. The van der Waals surface area contributed by atoms with Crippen LogP contribution in [0, 0.1) is 0 Å². The molecule has 0 unspecified atom stereocenters. The third kappa shape index (κ3) is 5.16. The number of rotatable bonds is 7. The molecule has 4 nitrogen and oxygen atoms in total. The summed E-state index contributed by atoms with van der Waals surface area (Å²) < 4.78 is 11.9.